The van der Waals surface area contributed by atoms with E-state index in [2.05, 4.69) is 4.98 Å². The van der Waals surface area contributed by atoms with E-state index in [1.54, 1.807) is 11.1 Å². The fraction of sp³-hybridized carbons (Fsp3) is 0.250. The minimum Gasteiger partial charge on any atom is -0.481 e. The zero-order valence-corrected chi connectivity index (χ0v) is 13.7. The van der Waals surface area contributed by atoms with Crippen LogP contribution in [0.2, 0.25) is 0 Å². The van der Waals surface area contributed by atoms with Crippen molar-refractivity contribution in [3.63, 3.8) is 0 Å². The van der Waals surface area contributed by atoms with E-state index in [9.17, 15) is 9.59 Å². The summed E-state index contributed by atoms with van der Waals surface area (Å²) in [5.41, 5.74) is 1.29. The van der Waals surface area contributed by atoms with Crippen molar-refractivity contribution in [1.29, 1.82) is 0 Å². The average Bonchev–Trinajstić information content (AvgIpc) is 2.67. The van der Waals surface area contributed by atoms with E-state index in [4.69, 9.17) is 5.11 Å². The summed E-state index contributed by atoms with van der Waals surface area (Å²) in [6, 6.07) is 13.7. The summed E-state index contributed by atoms with van der Waals surface area (Å²) in [6.07, 6.45) is 2.70. The Hall–Kier alpha value is -2.95. The van der Waals surface area contributed by atoms with Gasteiger partial charge < -0.3 is 10.0 Å². The Balaban J connectivity index is 1.75. The highest BCUT2D eigenvalue weighted by Gasteiger charge is 2.28. The number of carbonyl (C=O) groups excluding carboxylic acids is 1. The molecule has 2 heterocycles. The lowest BCUT2D eigenvalue weighted by molar-refractivity contribution is -0.143. The number of hydrogen-bond acceptors (Lipinski definition) is 3. The molecule has 2 aromatic carbocycles. The first kappa shape index (κ1) is 15.6. The molecular weight excluding hydrogens is 316 g/mol. The van der Waals surface area contributed by atoms with Gasteiger partial charge in [0.1, 0.15) is 0 Å². The van der Waals surface area contributed by atoms with Gasteiger partial charge in [-0.05, 0) is 35.7 Å². The van der Waals surface area contributed by atoms with Crippen LogP contribution in [0.1, 0.15) is 23.2 Å². The van der Waals surface area contributed by atoms with Gasteiger partial charge in [0.25, 0.3) is 5.91 Å². The van der Waals surface area contributed by atoms with Gasteiger partial charge in [-0.3, -0.25) is 14.6 Å². The molecule has 1 aliphatic rings. The predicted molar refractivity (Wildman–Crippen MR) is 95.5 cm³/mol. The molecular formula is C20H18N2O3. The van der Waals surface area contributed by atoms with E-state index in [0.717, 1.165) is 16.2 Å². The normalized spacial score (nSPS) is 15.6. The number of hydrogen-bond donors (Lipinski definition) is 1. The standard InChI is InChI=1S/C20H18N2O3/c23-19(22-10-7-13(8-11-22)20(24)25)17-12-14-4-1-2-5-15(14)16-6-3-9-21-18(16)17/h1-6,9,12-13H,7-8,10-11H2,(H,24,25). The maximum Gasteiger partial charge on any atom is 0.306 e. The molecule has 0 bridgehead atoms. The summed E-state index contributed by atoms with van der Waals surface area (Å²) >= 11 is 0. The highest BCUT2D eigenvalue weighted by molar-refractivity contribution is 6.15. The number of carboxylic acid groups (broad SMARTS) is 1. The predicted octanol–water partition coefficient (Wildman–Crippen LogP) is 3.32. The molecule has 5 heteroatoms. The number of fused-ring (bicyclic) bond motifs is 3. The number of pyridine rings is 1. The van der Waals surface area contributed by atoms with E-state index in [0.29, 0.717) is 37.0 Å². The van der Waals surface area contributed by atoms with Crippen molar-refractivity contribution >= 4 is 33.6 Å². The van der Waals surface area contributed by atoms with Crippen molar-refractivity contribution < 1.29 is 14.7 Å². The van der Waals surface area contributed by atoms with Gasteiger partial charge in [-0.15, -0.1) is 0 Å². The van der Waals surface area contributed by atoms with Crippen LogP contribution in [0.3, 0.4) is 0 Å². The number of rotatable bonds is 2. The first-order chi connectivity index (χ1) is 12.1. The van der Waals surface area contributed by atoms with Gasteiger partial charge >= 0.3 is 5.97 Å². The Bertz CT molecular complexity index is 975. The Kier molecular flexibility index (Phi) is 3.84. The van der Waals surface area contributed by atoms with Crippen LogP contribution < -0.4 is 0 Å². The third-order valence-corrected chi connectivity index (χ3v) is 4.98. The number of carbonyl (C=O) groups is 2. The smallest absolute Gasteiger partial charge is 0.306 e. The van der Waals surface area contributed by atoms with Crippen molar-refractivity contribution in [2.45, 2.75) is 12.8 Å². The van der Waals surface area contributed by atoms with Gasteiger partial charge in [0.15, 0.2) is 0 Å². The van der Waals surface area contributed by atoms with E-state index in [1.165, 1.54) is 0 Å². The van der Waals surface area contributed by atoms with Crippen LogP contribution in [-0.2, 0) is 4.79 Å². The van der Waals surface area contributed by atoms with Gasteiger partial charge in [0.2, 0.25) is 0 Å². The molecule has 0 unspecified atom stereocenters. The van der Waals surface area contributed by atoms with Gasteiger partial charge in [0, 0.05) is 24.7 Å². The zero-order valence-electron chi connectivity index (χ0n) is 13.7. The Morgan fingerprint density at radius 1 is 1.04 bits per heavy atom. The van der Waals surface area contributed by atoms with Crippen LogP contribution in [0.5, 0.6) is 0 Å². The fourth-order valence-electron chi connectivity index (χ4n) is 3.59. The molecule has 0 aliphatic carbocycles. The summed E-state index contributed by atoms with van der Waals surface area (Å²) in [5, 5.41) is 12.2. The van der Waals surface area contributed by atoms with Crippen molar-refractivity contribution in [2.75, 3.05) is 13.1 Å². The molecule has 5 nitrogen and oxygen atoms in total. The largest absolute Gasteiger partial charge is 0.481 e. The zero-order chi connectivity index (χ0) is 17.4. The van der Waals surface area contributed by atoms with Gasteiger partial charge in [-0.2, -0.15) is 0 Å². The van der Waals surface area contributed by atoms with Crippen molar-refractivity contribution in [1.82, 2.24) is 9.88 Å². The Morgan fingerprint density at radius 2 is 1.76 bits per heavy atom. The molecule has 0 radical (unpaired) electrons. The molecule has 1 fully saturated rings. The van der Waals surface area contributed by atoms with Crippen LogP contribution in [0, 0.1) is 5.92 Å². The summed E-state index contributed by atoms with van der Waals surface area (Å²) < 4.78 is 0. The Labute approximate surface area is 144 Å². The second-order valence-electron chi connectivity index (χ2n) is 6.45. The highest BCUT2D eigenvalue weighted by Crippen LogP contribution is 2.29. The second-order valence-corrected chi connectivity index (χ2v) is 6.45. The molecule has 3 aromatic rings. The lowest BCUT2D eigenvalue weighted by Gasteiger charge is -2.30. The molecule has 0 atom stereocenters. The summed E-state index contributed by atoms with van der Waals surface area (Å²) in [6.45, 7) is 0.938. The van der Waals surface area contributed by atoms with Gasteiger partial charge in [0.05, 0.1) is 17.0 Å². The number of carboxylic acids is 1. The maximum absolute atomic E-state index is 13.1. The molecule has 1 aliphatic heterocycles. The van der Waals surface area contributed by atoms with E-state index < -0.39 is 5.97 Å². The molecule has 0 spiro atoms. The van der Waals surface area contributed by atoms with E-state index >= 15 is 0 Å². The van der Waals surface area contributed by atoms with Crippen molar-refractivity contribution in [2.24, 2.45) is 5.92 Å². The number of piperidine rings is 1. The maximum atomic E-state index is 13.1. The third kappa shape index (κ3) is 2.71. The van der Waals surface area contributed by atoms with Crippen molar-refractivity contribution in [3.05, 3.63) is 54.2 Å². The lowest BCUT2D eigenvalue weighted by Crippen LogP contribution is -2.40. The molecule has 1 saturated heterocycles. The molecule has 4 rings (SSSR count). The van der Waals surface area contributed by atoms with Crippen molar-refractivity contribution in [3.8, 4) is 0 Å². The molecule has 0 saturated carbocycles. The number of amides is 1. The number of nitrogens with zero attached hydrogens (tertiary/aromatic N) is 2. The van der Waals surface area contributed by atoms with E-state index in [-0.39, 0.29) is 11.8 Å². The minimum absolute atomic E-state index is 0.0710. The monoisotopic (exact) mass is 334 g/mol. The first-order valence-corrected chi connectivity index (χ1v) is 8.43. The molecule has 1 amide bonds. The summed E-state index contributed by atoms with van der Waals surface area (Å²) in [5.74, 6) is -1.20. The summed E-state index contributed by atoms with van der Waals surface area (Å²) in [4.78, 5) is 30.4. The minimum atomic E-state index is -0.773. The highest BCUT2D eigenvalue weighted by atomic mass is 16.4. The third-order valence-electron chi connectivity index (χ3n) is 4.98. The first-order valence-electron chi connectivity index (χ1n) is 8.43. The van der Waals surface area contributed by atoms with Crippen LogP contribution in [0.25, 0.3) is 21.7 Å². The van der Waals surface area contributed by atoms with Gasteiger partial charge in [-0.1, -0.05) is 30.3 Å². The van der Waals surface area contributed by atoms with Crippen LogP contribution in [0.4, 0.5) is 0 Å². The SMILES string of the molecule is O=C(O)C1CCN(C(=O)c2cc3ccccc3c3cccnc23)CC1. The Morgan fingerprint density at radius 3 is 2.52 bits per heavy atom. The topological polar surface area (TPSA) is 70.5 Å². The molecule has 1 N–H and O–H groups in total. The van der Waals surface area contributed by atoms with E-state index in [1.807, 2.05) is 42.5 Å². The number of benzene rings is 2. The van der Waals surface area contributed by atoms with Crippen LogP contribution >= 0.6 is 0 Å². The molecule has 1 aromatic heterocycles. The number of likely N-dealkylation sites (tertiary alicyclic amines) is 1. The quantitative estimate of drug-likeness (QED) is 0.730. The number of aliphatic carboxylic acids is 1. The lowest BCUT2D eigenvalue weighted by atomic mass is 9.95. The summed E-state index contributed by atoms with van der Waals surface area (Å²) in [7, 11) is 0. The van der Waals surface area contributed by atoms with Gasteiger partial charge in [-0.25, -0.2) is 0 Å². The van der Waals surface area contributed by atoms with Crippen LogP contribution in [0.15, 0.2) is 48.7 Å². The second kappa shape index (κ2) is 6.16. The van der Waals surface area contributed by atoms with Crippen LogP contribution in [-0.4, -0.2) is 40.0 Å². The molecule has 126 valence electrons. The fourth-order valence-corrected chi connectivity index (χ4v) is 3.59. The number of aromatic nitrogens is 1. The molecule has 25 heavy (non-hydrogen) atoms. The average molecular weight is 334 g/mol.